The second-order valence-corrected chi connectivity index (χ2v) is 10.4. The summed E-state index contributed by atoms with van der Waals surface area (Å²) in [6, 6.07) is 21.1. The van der Waals surface area contributed by atoms with Crippen molar-refractivity contribution in [3.05, 3.63) is 101 Å². The number of amides is 1. The van der Waals surface area contributed by atoms with E-state index in [0.29, 0.717) is 43.3 Å². The highest BCUT2D eigenvalue weighted by atomic mass is 32.1. The molecule has 0 spiro atoms. The van der Waals surface area contributed by atoms with Crippen LogP contribution in [0.1, 0.15) is 10.4 Å². The van der Waals surface area contributed by atoms with Gasteiger partial charge in [-0.05, 0) is 42.5 Å². The number of ether oxygens (including phenoxy) is 1. The molecular formula is C30H23N5O3S. The molecule has 0 bridgehead atoms. The molecule has 4 aromatic heterocycles. The van der Waals surface area contributed by atoms with Gasteiger partial charge in [-0.15, -0.1) is 11.3 Å². The Balaban J connectivity index is 1.34. The molecule has 1 N–H and O–H groups in total. The molecule has 192 valence electrons. The van der Waals surface area contributed by atoms with Crippen molar-refractivity contribution in [1.29, 1.82) is 0 Å². The topological polar surface area (TPSA) is 88.8 Å². The third kappa shape index (κ3) is 4.21. The molecule has 0 unspecified atom stereocenters. The maximum absolute atomic E-state index is 13.1. The number of hydrogen-bond donors (Lipinski definition) is 1. The summed E-state index contributed by atoms with van der Waals surface area (Å²) in [5.41, 5.74) is 3.65. The fraction of sp³-hybridized carbons (Fsp3) is 0.133. The summed E-state index contributed by atoms with van der Waals surface area (Å²) in [6.07, 6.45) is 4.96. The Kier molecular flexibility index (Phi) is 5.79. The number of nitrogens with one attached hydrogen (secondary N) is 1. The molecule has 1 amide bonds. The minimum Gasteiger partial charge on any atom is -0.378 e. The number of thiophene rings is 1. The van der Waals surface area contributed by atoms with E-state index in [4.69, 9.17) is 9.72 Å². The Morgan fingerprint density at radius 2 is 1.82 bits per heavy atom. The van der Waals surface area contributed by atoms with Crippen LogP contribution in [0.15, 0.2) is 90.1 Å². The summed E-state index contributed by atoms with van der Waals surface area (Å²) < 4.78 is 9.30. The number of nitrogens with zero attached hydrogens (tertiary/aromatic N) is 4. The Morgan fingerprint density at radius 1 is 0.949 bits per heavy atom. The summed E-state index contributed by atoms with van der Waals surface area (Å²) in [5.74, 6) is 0.472. The zero-order valence-corrected chi connectivity index (χ0v) is 21.6. The van der Waals surface area contributed by atoms with Gasteiger partial charge in [0.2, 0.25) is 0 Å². The van der Waals surface area contributed by atoms with Gasteiger partial charge in [-0.1, -0.05) is 18.2 Å². The van der Waals surface area contributed by atoms with Crippen molar-refractivity contribution in [2.24, 2.45) is 0 Å². The van der Waals surface area contributed by atoms with E-state index in [-0.39, 0.29) is 11.5 Å². The number of morpholine rings is 1. The molecule has 9 heteroatoms. The minimum atomic E-state index is -0.203. The molecule has 6 aromatic rings. The minimum absolute atomic E-state index is 0.110. The summed E-state index contributed by atoms with van der Waals surface area (Å²) in [7, 11) is 0. The van der Waals surface area contributed by atoms with E-state index < -0.39 is 0 Å². The van der Waals surface area contributed by atoms with Gasteiger partial charge in [0.15, 0.2) is 0 Å². The fourth-order valence-electron chi connectivity index (χ4n) is 5.07. The molecule has 7 rings (SSSR count). The van der Waals surface area contributed by atoms with Crippen molar-refractivity contribution in [2.45, 2.75) is 0 Å². The quantitative estimate of drug-likeness (QED) is 0.335. The zero-order chi connectivity index (χ0) is 26.3. The number of carbonyl (C=O) groups excluding carboxylic acids is 1. The second kappa shape index (κ2) is 9.61. The van der Waals surface area contributed by atoms with Gasteiger partial charge in [0, 0.05) is 74.7 Å². The SMILES string of the molecule is O=C(Nc1ccc2sc3c(-c4cccn5c(=O)cc(N6CCOCC6)nc45)cccc3c2c1)c1cccnc1. The van der Waals surface area contributed by atoms with Crippen LogP contribution in [0.3, 0.4) is 0 Å². The number of rotatable bonds is 4. The highest BCUT2D eigenvalue weighted by Crippen LogP contribution is 2.41. The average Bonchev–Trinajstić information content (AvgIpc) is 3.36. The van der Waals surface area contributed by atoms with Crippen LogP contribution in [0.2, 0.25) is 0 Å². The number of pyridine rings is 2. The van der Waals surface area contributed by atoms with Crippen LogP contribution in [-0.2, 0) is 4.74 Å². The van der Waals surface area contributed by atoms with E-state index in [1.165, 1.54) is 0 Å². The summed E-state index contributed by atoms with van der Waals surface area (Å²) in [4.78, 5) is 36.9. The lowest BCUT2D eigenvalue weighted by Crippen LogP contribution is -2.37. The molecule has 1 aliphatic rings. The lowest BCUT2D eigenvalue weighted by Gasteiger charge is -2.27. The Morgan fingerprint density at radius 3 is 2.67 bits per heavy atom. The third-order valence-corrected chi connectivity index (χ3v) is 8.20. The maximum atomic E-state index is 13.1. The predicted octanol–water partition coefficient (Wildman–Crippen LogP) is 5.21. The van der Waals surface area contributed by atoms with Crippen LogP contribution in [0, 0.1) is 0 Å². The number of anilines is 2. The molecule has 8 nitrogen and oxygen atoms in total. The van der Waals surface area contributed by atoms with Gasteiger partial charge in [-0.25, -0.2) is 4.98 Å². The highest BCUT2D eigenvalue weighted by Gasteiger charge is 2.18. The van der Waals surface area contributed by atoms with Gasteiger partial charge in [-0.3, -0.25) is 19.0 Å². The van der Waals surface area contributed by atoms with Crippen molar-refractivity contribution in [3.8, 4) is 11.1 Å². The smallest absolute Gasteiger partial charge is 0.259 e. The van der Waals surface area contributed by atoms with E-state index in [1.807, 2.05) is 36.4 Å². The Hall–Kier alpha value is -4.60. The molecule has 39 heavy (non-hydrogen) atoms. The molecule has 2 aromatic carbocycles. The molecule has 1 aliphatic heterocycles. The Labute approximate surface area is 227 Å². The van der Waals surface area contributed by atoms with E-state index in [2.05, 4.69) is 27.3 Å². The lowest BCUT2D eigenvalue weighted by molar-refractivity contribution is 0.102. The fourth-order valence-corrected chi connectivity index (χ4v) is 6.28. The first-order valence-electron chi connectivity index (χ1n) is 12.7. The van der Waals surface area contributed by atoms with Crippen LogP contribution in [0.25, 0.3) is 36.9 Å². The number of carbonyl (C=O) groups is 1. The van der Waals surface area contributed by atoms with E-state index in [0.717, 1.165) is 37.0 Å². The van der Waals surface area contributed by atoms with Crippen LogP contribution in [-0.4, -0.2) is 46.6 Å². The van der Waals surface area contributed by atoms with Gasteiger partial charge in [0.1, 0.15) is 11.5 Å². The second-order valence-electron chi connectivity index (χ2n) is 9.36. The van der Waals surface area contributed by atoms with Crippen molar-refractivity contribution in [3.63, 3.8) is 0 Å². The van der Waals surface area contributed by atoms with Gasteiger partial charge >= 0.3 is 0 Å². The number of benzene rings is 2. The van der Waals surface area contributed by atoms with Crippen LogP contribution < -0.4 is 15.8 Å². The van der Waals surface area contributed by atoms with Crippen molar-refractivity contribution in [2.75, 3.05) is 36.5 Å². The van der Waals surface area contributed by atoms with Crippen LogP contribution in [0.5, 0.6) is 0 Å². The van der Waals surface area contributed by atoms with Crippen molar-refractivity contribution < 1.29 is 9.53 Å². The van der Waals surface area contributed by atoms with Crippen LogP contribution in [0.4, 0.5) is 11.5 Å². The van der Waals surface area contributed by atoms with E-state index >= 15 is 0 Å². The largest absolute Gasteiger partial charge is 0.378 e. The molecular weight excluding hydrogens is 510 g/mol. The van der Waals surface area contributed by atoms with Crippen molar-refractivity contribution >= 4 is 54.6 Å². The van der Waals surface area contributed by atoms with E-state index in [9.17, 15) is 9.59 Å². The molecule has 1 fully saturated rings. The molecule has 1 saturated heterocycles. The predicted molar refractivity (Wildman–Crippen MR) is 155 cm³/mol. The average molecular weight is 534 g/mol. The number of fused-ring (bicyclic) bond motifs is 4. The van der Waals surface area contributed by atoms with Gasteiger partial charge in [0.25, 0.3) is 11.5 Å². The maximum Gasteiger partial charge on any atom is 0.259 e. The summed E-state index contributed by atoms with van der Waals surface area (Å²) >= 11 is 1.69. The normalized spacial score (nSPS) is 13.8. The Bertz CT molecular complexity index is 1930. The highest BCUT2D eigenvalue weighted by molar-refractivity contribution is 7.26. The lowest BCUT2D eigenvalue weighted by atomic mass is 10.0. The first-order valence-corrected chi connectivity index (χ1v) is 13.5. The van der Waals surface area contributed by atoms with Crippen LogP contribution >= 0.6 is 11.3 Å². The van der Waals surface area contributed by atoms with Gasteiger partial charge in [0.05, 0.1) is 18.8 Å². The van der Waals surface area contributed by atoms with Gasteiger partial charge < -0.3 is 15.0 Å². The molecule has 0 saturated carbocycles. The molecule has 0 aliphatic carbocycles. The summed E-state index contributed by atoms with van der Waals surface area (Å²) in [5, 5.41) is 5.12. The first-order chi connectivity index (χ1) is 19.2. The van der Waals surface area contributed by atoms with E-state index in [1.54, 1.807) is 52.5 Å². The monoisotopic (exact) mass is 533 g/mol. The molecule has 5 heterocycles. The third-order valence-electron chi connectivity index (χ3n) is 6.98. The summed E-state index contributed by atoms with van der Waals surface area (Å²) in [6.45, 7) is 2.65. The molecule has 0 atom stereocenters. The number of aromatic nitrogens is 3. The first kappa shape index (κ1) is 23.5. The van der Waals surface area contributed by atoms with Gasteiger partial charge in [-0.2, -0.15) is 0 Å². The van der Waals surface area contributed by atoms with Crippen molar-refractivity contribution in [1.82, 2.24) is 14.4 Å². The number of hydrogen-bond acceptors (Lipinski definition) is 7. The molecule has 0 radical (unpaired) electrons. The zero-order valence-electron chi connectivity index (χ0n) is 20.8. The standard InChI is InChI=1S/C30H23N5O3S/c36-27-17-26(34-12-14-38-15-13-34)33-29-23(7-3-11-35(27)29)21-5-1-6-22-24-16-20(8-9-25(24)39-28(21)22)32-30(37)19-4-2-10-31-18-19/h1-11,16-18H,12-15H2,(H,32,37).